The first-order valence-electron chi connectivity index (χ1n) is 9.80. The number of amides is 2. The highest BCUT2D eigenvalue weighted by Gasteiger charge is 2.24. The average molecular weight is 440 g/mol. The van der Waals surface area contributed by atoms with Gasteiger partial charge in [-0.3, -0.25) is 4.79 Å². The Kier molecular flexibility index (Phi) is 9.02. The van der Waals surface area contributed by atoms with Crippen LogP contribution in [0.3, 0.4) is 0 Å². The highest BCUT2D eigenvalue weighted by Crippen LogP contribution is 2.10. The van der Waals surface area contributed by atoms with Crippen molar-refractivity contribution in [1.29, 1.82) is 0 Å². The molecule has 1 aromatic heterocycles. The Balaban J connectivity index is 2.64. The summed E-state index contributed by atoms with van der Waals surface area (Å²) in [6.45, 7) is 10.4. The van der Waals surface area contributed by atoms with E-state index in [9.17, 15) is 19.2 Å². The van der Waals surface area contributed by atoms with Crippen molar-refractivity contribution in [3.63, 3.8) is 0 Å². The second kappa shape index (κ2) is 10.8. The smallest absolute Gasteiger partial charge is 0.419 e. The van der Waals surface area contributed by atoms with Gasteiger partial charge in [0.25, 0.3) is 0 Å². The van der Waals surface area contributed by atoms with Crippen LogP contribution in [-0.2, 0) is 30.2 Å². The highest BCUT2D eigenvalue weighted by molar-refractivity contribution is 5.85. The molecule has 11 nitrogen and oxygen atoms in total. The number of aromatic nitrogens is 2. The van der Waals surface area contributed by atoms with E-state index in [0.717, 1.165) is 4.57 Å². The van der Waals surface area contributed by atoms with Crippen molar-refractivity contribution in [2.75, 3.05) is 13.7 Å². The van der Waals surface area contributed by atoms with Crippen LogP contribution in [0.5, 0.6) is 0 Å². The predicted molar refractivity (Wildman–Crippen MR) is 110 cm³/mol. The molecule has 1 rings (SSSR count). The van der Waals surface area contributed by atoms with Crippen LogP contribution in [0.2, 0.25) is 0 Å². The molecular weight excluding hydrogens is 408 g/mol. The third-order valence-corrected chi connectivity index (χ3v) is 3.49. The average Bonchev–Trinajstić information content (AvgIpc) is 3.06. The topological polar surface area (TPSA) is 138 Å². The van der Waals surface area contributed by atoms with Crippen molar-refractivity contribution in [1.82, 2.24) is 20.2 Å². The van der Waals surface area contributed by atoms with Gasteiger partial charge in [0, 0.05) is 25.6 Å². The Hall–Kier alpha value is -3.11. The first-order chi connectivity index (χ1) is 14.2. The Bertz CT molecular complexity index is 790. The number of imidazole rings is 1. The number of carbonyl (C=O) groups excluding carboxylic acids is 4. The maximum atomic E-state index is 12.2. The van der Waals surface area contributed by atoms with Crippen LogP contribution in [0, 0.1) is 0 Å². The van der Waals surface area contributed by atoms with Gasteiger partial charge in [0.15, 0.2) is 0 Å². The molecule has 0 spiro atoms. The summed E-state index contributed by atoms with van der Waals surface area (Å²) >= 11 is 0. The zero-order chi connectivity index (χ0) is 23.8. The van der Waals surface area contributed by atoms with E-state index in [1.54, 1.807) is 41.5 Å². The molecule has 2 N–H and O–H groups in total. The van der Waals surface area contributed by atoms with Crippen LogP contribution < -0.4 is 10.6 Å². The fourth-order valence-electron chi connectivity index (χ4n) is 2.29. The quantitative estimate of drug-likeness (QED) is 0.483. The van der Waals surface area contributed by atoms with Gasteiger partial charge in [0.05, 0.1) is 12.8 Å². The van der Waals surface area contributed by atoms with Crippen LogP contribution in [0.15, 0.2) is 12.5 Å². The molecule has 0 radical (unpaired) electrons. The van der Waals surface area contributed by atoms with E-state index >= 15 is 0 Å². The van der Waals surface area contributed by atoms with E-state index in [1.165, 1.54) is 19.6 Å². The lowest BCUT2D eigenvalue weighted by atomic mass is 10.1. The molecule has 174 valence electrons. The van der Waals surface area contributed by atoms with E-state index in [4.69, 9.17) is 14.2 Å². The summed E-state index contributed by atoms with van der Waals surface area (Å²) in [6, 6.07) is -1.01. The minimum atomic E-state index is -1.01. The molecule has 0 aromatic carbocycles. The first kappa shape index (κ1) is 25.9. The lowest BCUT2D eigenvalue weighted by Crippen LogP contribution is -2.44. The second-order valence-corrected chi connectivity index (χ2v) is 8.78. The summed E-state index contributed by atoms with van der Waals surface area (Å²) in [5.74, 6) is -1.14. The predicted octanol–water partition coefficient (Wildman–Crippen LogP) is 1.78. The molecule has 31 heavy (non-hydrogen) atoms. The molecule has 0 saturated heterocycles. The molecule has 0 saturated carbocycles. The Morgan fingerprint density at radius 2 is 1.68 bits per heavy atom. The van der Waals surface area contributed by atoms with Gasteiger partial charge < -0.3 is 24.8 Å². The first-order valence-corrected chi connectivity index (χ1v) is 9.80. The van der Waals surface area contributed by atoms with Crippen LogP contribution in [-0.4, -0.2) is 64.5 Å². The second-order valence-electron chi connectivity index (χ2n) is 8.78. The van der Waals surface area contributed by atoms with Gasteiger partial charge >= 0.3 is 18.2 Å². The third-order valence-electron chi connectivity index (χ3n) is 3.49. The normalized spacial score (nSPS) is 12.5. The Morgan fingerprint density at radius 3 is 2.23 bits per heavy atom. The molecule has 0 bridgehead atoms. The molecule has 0 aliphatic carbocycles. The van der Waals surface area contributed by atoms with Crippen molar-refractivity contribution in [2.45, 2.75) is 71.6 Å². The van der Waals surface area contributed by atoms with Gasteiger partial charge in [0.1, 0.15) is 23.6 Å². The van der Waals surface area contributed by atoms with E-state index in [2.05, 4.69) is 15.6 Å². The minimum Gasteiger partial charge on any atom is -0.467 e. The largest absolute Gasteiger partial charge is 0.467 e. The number of alkyl carbamates (subject to hydrolysis) is 1. The summed E-state index contributed by atoms with van der Waals surface area (Å²) in [4.78, 5) is 52.0. The fraction of sp³-hybridized carbons (Fsp3) is 0.650. The summed E-state index contributed by atoms with van der Waals surface area (Å²) in [7, 11) is 1.20. The SMILES string of the molecule is COC(=O)[C@H](Cc1cn(C(=O)OC(C)(C)C)cn1)NC(=O)CCNC(=O)OC(C)(C)C. The van der Waals surface area contributed by atoms with E-state index in [-0.39, 0.29) is 19.4 Å². The number of nitrogens with zero attached hydrogens (tertiary/aromatic N) is 2. The lowest BCUT2D eigenvalue weighted by Gasteiger charge is -2.20. The van der Waals surface area contributed by atoms with Crippen LogP contribution >= 0.6 is 0 Å². The number of rotatable bonds is 7. The maximum absolute atomic E-state index is 12.2. The number of hydrogen-bond donors (Lipinski definition) is 2. The highest BCUT2D eigenvalue weighted by atomic mass is 16.6. The Labute approximate surface area is 181 Å². The summed E-state index contributed by atoms with van der Waals surface area (Å²) in [5.41, 5.74) is -0.934. The minimum absolute atomic E-state index is 0.00764. The van der Waals surface area contributed by atoms with Crippen LogP contribution in [0.4, 0.5) is 9.59 Å². The van der Waals surface area contributed by atoms with Gasteiger partial charge in [-0.2, -0.15) is 0 Å². The number of hydrogen-bond acceptors (Lipinski definition) is 8. The lowest BCUT2D eigenvalue weighted by molar-refractivity contribution is -0.145. The van der Waals surface area contributed by atoms with E-state index in [0.29, 0.717) is 5.69 Å². The molecule has 1 heterocycles. The van der Waals surface area contributed by atoms with Crippen molar-refractivity contribution >= 4 is 24.1 Å². The standard InChI is InChI=1S/C20H32N4O7/c1-19(2,3)30-17(27)21-9-8-15(25)23-14(16(26)29-7)10-13-11-24(12-22-13)18(28)31-20(4,5)6/h11-12,14H,8-10H2,1-7H3,(H,21,27)(H,23,25)/t14-/m0/s1. The summed E-state index contributed by atoms with van der Waals surface area (Å²) < 4.78 is 16.2. The monoisotopic (exact) mass is 440 g/mol. The molecule has 0 aliphatic heterocycles. The van der Waals surface area contributed by atoms with E-state index < -0.39 is 41.3 Å². The van der Waals surface area contributed by atoms with Crippen molar-refractivity contribution in [3.05, 3.63) is 18.2 Å². The van der Waals surface area contributed by atoms with Crippen molar-refractivity contribution in [2.24, 2.45) is 0 Å². The molecule has 2 amide bonds. The van der Waals surface area contributed by atoms with Crippen molar-refractivity contribution < 1.29 is 33.4 Å². The summed E-state index contributed by atoms with van der Waals surface area (Å²) in [6.07, 6.45) is 1.37. The zero-order valence-corrected chi connectivity index (χ0v) is 19.1. The molecule has 1 atom stereocenters. The number of ether oxygens (including phenoxy) is 3. The fourth-order valence-corrected chi connectivity index (χ4v) is 2.29. The zero-order valence-electron chi connectivity index (χ0n) is 19.1. The van der Waals surface area contributed by atoms with Crippen LogP contribution in [0.25, 0.3) is 0 Å². The molecular formula is C20H32N4O7. The molecule has 11 heteroatoms. The van der Waals surface area contributed by atoms with Gasteiger partial charge in [-0.05, 0) is 41.5 Å². The van der Waals surface area contributed by atoms with E-state index in [1.807, 2.05) is 0 Å². The van der Waals surface area contributed by atoms with Gasteiger partial charge in [-0.15, -0.1) is 0 Å². The van der Waals surface area contributed by atoms with Crippen LogP contribution in [0.1, 0.15) is 53.7 Å². The number of esters is 1. The Morgan fingerprint density at radius 1 is 1.06 bits per heavy atom. The van der Waals surface area contributed by atoms with Crippen molar-refractivity contribution in [3.8, 4) is 0 Å². The number of carbonyl (C=O) groups is 4. The third kappa shape index (κ3) is 10.5. The summed E-state index contributed by atoms with van der Waals surface area (Å²) in [5, 5.41) is 5.01. The number of nitrogens with one attached hydrogen (secondary N) is 2. The molecule has 0 aliphatic rings. The van der Waals surface area contributed by atoms with Gasteiger partial charge in [0.2, 0.25) is 5.91 Å². The molecule has 1 aromatic rings. The molecule has 0 fully saturated rings. The van der Waals surface area contributed by atoms with Gasteiger partial charge in [-0.1, -0.05) is 0 Å². The van der Waals surface area contributed by atoms with Gasteiger partial charge in [-0.25, -0.2) is 23.9 Å². The maximum Gasteiger partial charge on any atom is 0.419 e. The molecule has 0 unspecified atom stereocenters. The number of methoxy groups -OCH3 is 1.